The van der Waals surface area contributed by atoms with E-state index in [1.54, 1.807) is 18.3 Å². The van der Waals surface area contributed by atoms with Crippen LogP contribution in [0.4, 0.5) is 5.82 Å². The van der Waals surface area contributed by atoms with Gasteiger partial charge in [0.1, 0.15) is 5.82 Å². The molecule has 150 valence electrons. The molecule has 2 N–H and O–H groups in total. The molecule has 1 amide bonds. The molecule has 0 unspecified atom stereocenters. The second-order valence-electron chi connectivity index (χ2n) is 7.02. The van der Waals surface area contributed by atoms with Gasteiger partial charge in [-0.05, 0) is 37.4 Å². The van der Waals surface area contributed by atoms with E-state index in [4.69, 9.17) is 11.6 Å². The first-order valence-electron chi connectivity index (χ1n) is 9.50. The van der Waals surface area contributed by atoms with Crippen molar-refractivity contribution in [2.75, 3.05) is 32.5 Å². The molecule has 0 bridgehead atoms. The molecular formula is C23H25ClN4O. The number of carbonyl (C=O) groups excluding carboxylic acids is 1. The molecule has 0 radical (unpaired) electrons. The lowest BCUT2D eigenvalue weighted by Gasteiger charge is -2.11. The minimum atomic E-state index is -0.280. The van der Waals surface area contributed by atoms with Crippen LogP contribution in [0, 0.1) is 0 Å². The molecule has 1 heterocycles. The Morgan fingerprint density at radius 3 is 2.52 bits per heavy atom. The summed E-state index contributed by atoms with van der Waals surface area (Å²) in [7, 11) is 4.09. The van der Waals surface area contributed by atoms with Crippen LogP contribution in [0.2, 0.25) is 5.02 Å². The summed E-state index contributed by atoms with van der Waals surface area (Å²) in [4.78, 5) is 19.2. The fraction of sp³-hybridized carbons (Fsp3) is 0.217. The van der Waals surface area contributed by atoms with E-state index in [0.29, 0.717) is 16.4 Å². The molecule has 6 heteroatoms. The molecule has 0 aliphatic heterocycles. The van der Waals surface area contributed by atoms with Crippen LogP contribution in [-0.2, 0) is 6.54 Å². The Balaban J connectivity index is 1.65. The lowest BCUT2D eigenvalue weighted by molar-refractivity contribution is 0.102. The largest absolute Gasteiger partial charge is 0.311 e. The quantitative estimate of drug-likeness (QED) is 0.545. The van der Waals surface area contributed by atoms with Crippen molar-refractivity contribution >= 4 is 23.3 Å². The average molecular weight is 409 g/mol. The van der Waals surface area contributed by atoms with Gasteiger partial charge in [0.15, 0.2) is 0 Å². The van der Waals surface area contributed by atoms with Crippen molar-refractivity contribution in [1.82, 2.24) is 15.2 Å². The highest BCUT2D eigenvalue weighted by Crippen LogP contribution is 2.30. The Labute approximate surface area is 176 Å². The summed E-state index contributed by atoms with van der Waals surface area (Å²) in [5.74, 6) is 0.213. The van der Waals surface area contributed by atoms with Crippen LogP contribution >= 0.6 is 11.6 Å². The van der Waals surface area contributed by atoms with Crippen molar-refractivity contribution in [1.29, 1.82) is 0 Å². The second-order valence-corrected chi connectivity index (χ2v) is 7.40. The van der Waals surface area contributed by atoms with Crippen molar-refractivity contribution in [2.45, 2.75) is 6.54 Å². The Kier molecular flexibility index (Phi) is 7.36. The predicted octanol–water partition coefficient (Wildman–Crippen LogP) is 4.31. The van der Waals surface area contributed by atoms with Gasteiger partial charge < -0.3 is 15.5 Å². The minimum Gasteiger partial charge on any atom is -0.311 e. The van der Waals surface area contributed by atoms with Gasteiger partial charge in [-0.25, -0.2) is 4.98 Å². The number of aromatic nitrogens is 1. The van der Waals surface area contributed by atoms with Gasteiger partial charge in [-0.3, -0.25) is 4.79 Å². The van der Waals surface area contributed by atoms with Crippen LogP contribution in [-0.4, -0.2) is 43.0 Å². The topological polar surface area (TPSA) is 57.3 Å². The molecule has 0 saturated carbocycles. The average Bonchev–Trinajstić information content (AvgIpc) is 2.73. The lowest BCUT2D eigenvalue weighted by Crippen LogP contribution is -2.26. The zero-order valence-corrected chi connectivity index (χ0v) is 17.4. The molecule has 29 heavy (non-hydrogen) atoms. The number of nitrogens with zero attached hydrogens (tertiary/aromatic N) is 2. The first kappa shape index (κ1) is 21.0. The number of amides is 1. The van der Waals surface area contributed by atoms with Crippen molar-refractivity contribution < 1.29 is 4.79 Å². The molecule has 0 saturated heterocycles. The Morgan fingerprint density at radius 2 is 1.83 bits per heavy atom. The van der Waals surface area contributed by atoms with E-state index >= 15 is 0 Å². The molecule has 0 atom stereocenters. The second kappa shape index (κ2) is 10.2. The van der Waals surface area contributed by atoms with E-state index in [1.807, 2.05) is 62.6 Å². The maximum Gasteiger partial charge on any atom is 0.258 e. The number of anilines is 1. The number of pyridine rings is 1. The van der Waals surface area contributed by atoms with E-state index in [0.717, 1.165) is 36.3 Å². The minimum absolute atomic E-state index is 0.280. The van der Waals surface area contributed by atoms with Crippen LogP contribution in [0.5, 0.6) is 0 Å². The fourth-order valence-corrected chi connectivity index (χ4v) is 3.19. The summed E-state index contributed by atoms with van der Waals surface area (Å²) in [6.45, 7) is 2.62. The maximum absolute atomic E-state index is 12.7. The highest BCUT2D eigenvalue weighted by molar-refractivity contribution is 6.37. The van der Waals surface area contributed by atoms with Crippen molar-refractivity contribution in [3.8, 4) is 11.1 Å². The number of halogens is 1. The highest BCUT2D eigenvalue weighted by atomic mass is 35.5. The van der Waals surface area contributed by atoms with Gasteiger partial charge >= 0.3 is 0 Å². The molecular weight excluding hydrogens is 384 g/mol. The third-order valence-electron chi connectivity index (χ3n) is 4.46. The van der Waals surface area contributed by atoms with Gasteiger partial charge in [-0.15, -0.1) is 0 Å². The number of nitrogens with one attached hydrogen (secondary N) is 2. The highest BCUT2D eigenvalue weighted by Gasteiger charge is 2.15. The van der Waals surface area contributed by atoms with Gasteiger partial charge in [0.2, 0.25) is 0 Å². The third-order valence-corrected chi connectivity index (χ3v) is 4.87. The summed E-state index contributed by atoms with van der Waals surface area (Å²) >= 11 is 6.53. The Morgan fingerprint density at radius 1 is 1.03 bits per heavy atom. The third kappa shape index (κ3) is 5.87. The van der Waals surface area contributed by atoms with Gasteiger partial charge in [0.05, 0.1) is 10.6 Å². The molecule has 0 fully saturated rings. The number of likely N-dealkylation sites (N-methyl/N-ethyl adjacent to an activating group) is 1. The van der Waals surface area contributed by atoms with E-state index < -0.39 is 0 Å². The summed E-state index contributed by atoms with van der Waals surface area (Å²) in [6.07, 6.45) is 1.76. The summed E-state index contributed by atoms with van der Waals surface area (Å²) in [5.41, 5.74) is 3.28. The molecule has 0 aliphatic carbocycles. The van der Waals surface area contributed by atoms with Crippen LogP contribution < -0.4 is 10.6 Å². The monoisotopic (exact) mass is 408 g/mol. The maximum atomic E-state index is 12.7. The van der Waals surface area contributed by atoms with E-state index in [-0.39, 0.29) is 5.91 Å². The molecule has 5 nitrogen and oxygen atoms in total. The smallest absolute Gasteiger partial charge is 0.258 e. The van der Waals surface area contributed by atoms with Crippen LogP contribution in [0.3, 0.4) is 0 Å². The SMILES string of the molecule is CN(C)CCNCc1ccc(NC(=O)c2cccc(-c3ccccc3)c2Cl)nc1. The van der Waals surface area contributed by atoms with E-state index in [2.05, 4.69) is 20.5 Å². The zero-order chi connectivity index (χ0) is 20.6. The first-order chi connectivity index (χ1) is 14.0. The summed E-state index contributed by atoms with van der Waals surface area (Å²) in [5, 5.41) is 6.62. The number of hydrogen-bond donors (Lipinski definition) is 2. The predicted molar refractivity (Wildman–Crippen MR) is 119 cm³/mol. The van der Waals surface area contributed by atoms with Crippen LogP contribution in [0.1, 0.15) is 15.9 Å². The van der Waals surface area contributed by atoms with Gasteiger partial charge in [-0.2, -0.15) is 0 Å². The first-order valence-corrected chi connectivity index (χ1v) is 9.88. The summed E-state index contributed by atoms with van der Waals surface area (Å²) < 4.78 is 0. The number of hydrogen-bond acceptors (Lipinski definition) is 4. The van der Waals surface area contributed by atoms with Gasteiger partial charge in [0.25, 0.3) is 5.91 Å². The zero-order valence-electron chi connectivity index (χ0n) is 16.7. The Hall–Kier alpha value is -2.73. The van der Waals surface area contributed by atoms with E-state index in [1.165, 1.54) is 0 Å². The summed E-state index contributed by atoms with van der Waals surface area (Å²) in [6, 6.07) is 19.0. The number of rotatable bonds is 8. The van der Waals surface area contributed by atoms with Crippen molar-refractivity contribution in [2.24, 2.45) is 0 Å². The van der Waals surface area contributed by atoms with E-state index in [9.17, 15) is 4.79 Å². The fourth-order valence-electron chi connectivity index (χ4n) is 2.87. The normalized spacial score (nSPS) is 10.9. The molecule has 2 aromatic carbocycles. The van der Waals surface area contributed by atoms with Crippen LogP contribution in [0.25, 0.3) is 11.1 Å². The molecule has 0 spiro atoms. The van der Waals surface area contributed by atoms with Crippen LogP contribution in [0.15, 0.2) is 66.9 Å². The van der Waals surface area contributed by atoms with Crippen molar-refractivity contribution in [3.05, 3.63) is 83.0 Å². The Bertz CT molecular complexity index is 943. The molecule has 0 aliphatic rings. The standard InChI is InChI=1S/C23H25ClN4O/c1-28(2)14-13-25-15-17-11-12-21(26-16-17)27-23(29)20-10-6-9-19(22(20)24)18-7-4-3-5-8-18/h3-12,16,25H,13-15H2,1-2H3,(H,26,27,29). The van der Waals surface area contributed by atoms with Crippen molar-refractivity contribution in [3.63, 3.8) is 0 Å². The van der Waals surface area contributed by atoms with Gasteiger partial charge in [0, 0.05) is 31.4 Å². The van der Waals surface area contributed by atoms with Gasteiger partial charge in [-0.1, -0.05) is 60.1 Å². The molecule has 3 rings (SSSR count). The molecule has 3 aromatic rings. The number of carbonyl (C=O) groups is 1. The number of benzene rings is 2. The lowest BCUT2D eigenvalue weighted by atomic mass is 10.0. The molecule has 1 aromatic heterocycles.